The number of benzene rings is 1. The van der Waals surface area contributed by atoms with Gasteiger partial charge in [-0.3, -0.25) is 9.89 Å². The average molecular weight is 448 g/mol. The molecule has 1 aromatic carbocycles. The quantitative estimate of drug-likeness (QED) is 0.274. The summed E-state index contributed by atoms with van der Waals surface area (Å²) in [6.07, 6.45) is 1.02. The molecule has 0 spiro atoms. The standard InChI is InChI=1S/C17H28N4O2.HI/c1-15-5-2-3-6-16(15)23-12-8-20-17(18)19-7-4-9-21-10-13-22-14-11-21;/h2-3,5-6H,4,7-14H2,1H3,(H3,18,19,20);1H. The van der Waals surface area contributed by atoms with Crippen molar-refractivity contribution in [3.63, 3.8) is 0 Å². The number of halogens is 1. The number of ether oxygens (including phenoxy) is 2. The summed E-state index contributed by atoms with van der Waals surface area (Å²) in [5.74, 6) is 1.40. The molecule has 0 atom stereocenters. The normalized spacial score (nSPS) is 15.6. The molecule has 1 saturated heterocycles. The Kier molecular flexibility index (Phi) is 10.8. The maximum absolute atomic E-state index is 5.85. The van der Waals surface area contributed by atoms with E-state index in [1.807, 2.05) is 31.2 Å². The molecule has 0 radical (unpaired) electrons. The van der Waals surface area contributed by atoms with Crippen molar-refractivity contribution in [3.8, 4) is 5.75 Å². The molecule has 7 heteroatoms. The van der Waals surface area contributed by atoms with Crippen molar-refractivity contribution in [1.82, 2.24) is 10.2 Å². The van der Waals surface area contributed by atoms with Gasteiger partial charge in [-0.15, -0.1) is 24.0 Å². The molecule has 0 aliphatic carbocycles. The summed E-state index contributed by atoms with van der Waals surface area (Å²) in [4.78, 5) is 6.74. The Morgan fingerprint density at radius 3 is 2.83 bits per heavy atom. The SMILES string of the molecule is Cc1ccccc1OCCNC(N)=NCCCN1CCOCC1.I. The zero-order valence-electron chi connectivity index (χ0n) is 14.4. The Bertz CT molecular complexity index is 493. The Labute approximate surface area is 161 Å². The van der Waals surface area contributed by atoms with Crippen molar-refractivity contribution in [2.24, 2.45) is 10.7 Å². The highest BCUT2D eigenvalue weighted by atomic mass is 127. The topological polar surface area (TPSA) is 72.1 Å². The summed E-state index contributed by atoms with van der Waals surface area (Å²) in [6.45, 7) is 8.77. The van der Waals surface area contributed by atoms with Gasteiger partial charge < -0.3 is 20.5 Å². The maximum atomic E-state index is 5.85. The van der Waals surface area contributed by atoms with Crippen molar-refractivity contribution in [2.45, 2.75) is 13.3 Å². The van der Waals surface area contributed by atoms with Crippen molar-refractivity contribution >= 4 is 29.9 Å². The van der Waals surface area contributed by atoms with Gasteiger partial charge in [-0.05, 0) is 25.0 Å². The van der Waals surface area contributed by atoms with Crippen LogP contribution < -0.4 is 15.8 Å². The van der Waals surface area contributed by atoms with Gasteiger partial charge in [0.2, 0.25) is 0 Å². The van der Waals surface area contributed by atoms with Gasteiger partial charge in [-0.25, -0.2) is 0 Å². The molecule has 1 aliphatic heterocycles. The van der Waals surface area contributed by atoms with E-state index in [1.54, 1.807) is 0 Å². The summed E-state index contributed by atoms with van der Waals surface area (Å²) in [5.41, 5.74) is 6.99. The second-order valence-electron chi connectivity index (χ2n) is 5.62. The van der Waals surface area contributed by atoms with Gasteiger partial charge in [0.05, 0.1) is 19.8 Å². The molecule has 0 unspecified atom stereocenters. The lowest BCUT2D eigenvalue weighted by Gasteiger charge is -2.26. The van der Waals surface area contributed by atoms with Crippen LogP contribution in [0, 0.1) is 6.92 Å². The van der Waals surface area contributed by atoms with Crippen LogP contribution >= 0.6 is 24.0 Å². The second-order valence-corrected chi connectivity index (χ2v) is 5.62. The van der Waals surface area contributed by atoms with Crippen molar-refractivity contribution in [2.75, 3.05) is 52.5 Å². The first-order valence-electron chi connectivity index (χ1n) is 8.28. The largest absolute Gasteiger partial charge is 0.491 e. The van der Waals surface area contributed by atoms with Crippen LogP contribution in [0.4, 0.5) is 0 Å². The molecule has 2 rings (SSSR count). The van der Waals surface area contributed by atoms with Crippen molar-refractivity contribution < 1.29 is 9.47 Å². The Morgan fingerprint density at radius 1 is 1.33 bits per heavy atom. The predicted octanol–water partition coefficient (Wildman–Crippen LogP) is 1.62. The van der Waals surface area contributed by atoms with E-state index < -0.39 is 0 Å². The first kappa shape index (κ1) is 21.0. The van der Waals surface area contributed by atoms with Crippen LogP contribution in [0.1, 0.15) is 12.0 Å². The van der Waals surface area contributed by atoms with Gasteiger partial charge in [-0.1, -0.05) is 18.2 Å². The van der Waals surface area contributed by atoms with Crippen LogP contribution in [0.2, 0.25) is 0 Å². The number of nitrogens with two attached hydrogens (primary N) is 1. The minimum atomic E-state index is 0. The van der Waals surface area contributed by atoms with E-state index in [2.05, 4.69) is 15.2 Å². The van der Waals surface area contributed by atoms with Gasteiger partial charge in [-0.2, -0.15) is 0 Å². The summed E-state index contributed by atoms with van der Waals surface area (Å²) in [5, 5.41) is 3.08. The summed E-state index contributed by atoms with van der Waals surface area (Å²) < 4.78 is 11.0. The van der Waals surface area contributed by atoms with Crippen LogP contribution in [0.15, 0.2) is 29.3 Å². The molecule has 6 nitrogen and oxygen atoms in total. The number of morpholine rings is 1. The zero-order valence-corrected chi connectivity index (χ0v) is 16.7. The second kappa shape index (κ2) is 12.3. The Morgan fingerprint density at radius 2 is 2.08 bits per heavy atom. The number of guanidine groups is 1. The minimum Gasteiger partial charge on any atom is -0.491 e. The molecule has 1 fully saturated rings. The number of nitrogens with one attached hydrogen (secondary N) is 1. The molecule has 0 aromatic heterocycles. The Hall–Kier alpha value is -1.06. The summed E-state index contributed by atoms with van der Waals surface area (Å²) >= 11 is 0. The highest BCUT2D eigenvalue weighted by Gasteiger charge is 2.08. The summed E-state index contributed by atoms with van der Waals surface area (Å²) in [7, 11) is 0. The van der Waals surface area contributed by atoms with E-state index in [-0.39, 0.29) is 24.0 Å². The van der Waals surface area contributed by atoms with Crippen molar-refractivity contribution in [3.05, 3.63) is 29.8 Å². The minimum absolute atomic E-state index is 0. The van der Waals surface area contributed by atoms with Crippen LogP contribution in [0.5, 0.6) is 5.75 Å². The van der Waals surface area contributed by atoms with E-state index in [0.29, 0.717) is 19.1 Å². The van der Waals surface area contributed by atoms with Crippen LogP contribution in [0.3, 0.4) is 0 Å². The molecule has 136 valence electrons. The fourth-order valence-electron chi connectivity index (χ4n) is 2.43. The summed E-state index contributed by atoms with van der Waals surface area (Å²) in [6, 6.07) is 7.98. The lowest BCUT2D eigenvalue weighted by molar-refractivity contribution is 0.0377. The monoisotopic (exact) mass is 448 g/mol. The third-order valence-electron chi connectivity index (χ3n) is 3.78. The van der Waals surface area contributed by atoms with Crippen LogP contribution in [-0.4, -0.2) is 63.4 Å². The molecule has 1 heterocycles. The molecule has 0 bridgehead atoms. The van der Waals surface area contributed by atoms with E-state index >= 15 is 0 Å². The maximum Gasteiger partial charge on any atom is 0.188 e. The van der Waals surface area contributed by atoms with Crippen molar-refractivity contribution in [1.29, 1.82) is 0 Å². The van der Waals surface area contributed by atoms with E-state index in [4.69, 9.17) is 15.2 Å². The van der Waals surface area contributed by atoms with Crippen LogP contribution in [0.25, 0.3) is 0 Å². The fourth-order valence-corrected chi connectivity index (χ4v) is 2.43. The first-order valence-corrected chi connectivity index (χ1v) is 8.28. The van der Waals surface area contributed by atoms with E-state index in [0.717, 1.165) is 57.1 Å². The molecule has 0 amide bonds. The molecule has 1 aromatic rings. The van der Waals surface area contributed by atoms with Gasteiger partial charge in [0, 0.05) is 26.2 Å². The number of nitrogens with zero attached hydrogens (tertiary/aromatic N) is 2. The van der Waals surface area contributed by atoms with E-state index in [9.17, 15) is 0 Å². The number of hydrogen-bond donors (Lipinski definition) is 2. The van der Waals surface area contributed by atoms with Crippen LogP contribution in [-0.2, 0) is 4.74 Å². The predicted molar refractivity (Wildman–Crippen MR) is 108 cm³/mol. The molecule has 0 saturated carbocycles. The van der Waals surface area contributed by atoms with Gasteiger partial charge >= 0.3 is 0 Å². The number of para-hydroxylation sites is 1. The van der Waals surface area contributed by atoms with Gasteiger partial charge in [0.1, 0.15) is 12.4 Å². The molecule has 24 heavy (non-hydrogen) atoms. The molecule has 3 N–H and O–H groups in total. The van der Waals surface area contributed by atoms with Gasteiger partial charge in [0.15, 0.2) is 5.96 Å². The lowest BCUT2D eigenvalue weighted by Crippen LogP contribution is -2.37. The number of rotatable bonds is 8. The fraction of sp³-hybridized carbons (Fsp3) is 0.588. The van der Waals surface area contributed by atoms with E-state index in [1.165, 1.54) is 0 Å². The number of hydrogen-bond acceptors (Lipinski definition) is 4. The van der Waals surface area contributed by atoms with Gasteiger partial charge in [0.25, 0.3) is 0 Å². The Balaban J connectivity index is 0.00000288. The third kappa shape index (κ3) is 8.16. The third-order valence-corrected chi connectivity index (χ3v) is 3.78. The highest BCUT2D eigenvalue weighted by molar-refractivity contribution is 14.0. The number of aliphatic imine (C=N–C) groups is 1. The highest BCUT2D eigenvalue weighted by Crippen LogP contribution is 2.15. The average Bonchev–Trinajstić information content (AvgIpc) is 2.58. The molecular weight excluding hydrogens is 419 g/mol. The first-order chi connectivity index (χ1) is 11.3. The smallest absolute Gasteiger partial charge is 0.188 e. The lowest BCUT2D eigenvalue weighted by atomic mass is 10.2. The molecule has 1 aliphatic rings. The molecular formula is C17H29IN4O2. The number of aryl methyl sites for hydroxylation is 1. The zero-order chi connectivity index (χ0) is 16.3.